The van der Waals surface area contributed by atoms with Crippen LogP contribution < -0.4 is 5.32 Å². The fourth-order valence-corrected chi connectivity index (χ4v) is 2.64. The van der Waals surface area contributed by atoms with Crippen LogP contribution >= 0.6 is 0 Å². The molecule has 1 N–H and O–H groups in total. The second kappa shape index (κ2) is 6.19. The molecule has 0 amide bonds. The van der Waals surface area contributed by atoms with E-state index < -0.39 is 0 Å². The van der Waals surface area contributed by atoms with E-state index >= 15 is 0 Å². The molecule has 0 aliphatic heterocycles. The minimum absolute atomic E-state index is 0.151. The van der Waals surface area contributed by atoms with Crippen molar-refractivity contribution in [3.63, 3.8) is 0 Å². The van der Waals surface area contributed by atoms with E-state index in [0.717, 1.165) is 31.0 Å². The predicted molar refractivity (Wildman–Crippen MR) is 80.2 cm³/mol. The first kappa shape index (κ1) is 13.3. The van der Waals surface area contributed by atoms with Gasteiger partial charge in [-0.15, -0.1) is 0 Å². The van der Waals surface area contributed by atoms with Crippen molar-refractivity contribution in [2.24, 2.45) is 0 Å². The smallest absolute Gasteiger partial charge is 0.123 e. The molecule has 1 saturated carbocycles. The van der Waals surface area contributed by atoms with Crippen molar-refractivity contribution < 1.29 is 4.39 Å². The fraction of sp³-hybridized carbons (Fsp3) is 0.333. The van der Waals surface area contributed by atoms with Crippen molar-refractivity contribution in [1.29, 1.82) is 0 Å². The highest BCUT2D eigenvalue weighted by molar-refractivity contribution is 5.33. The Labute approximate surface area is 119 Å². The molecule has 0 aromatic heterocycles. The van der Waals surface area contributed by atoms with Gasteiger partial charge in [0.25, 0.3) is 0 Å². The van der Waals surface area contributed by atoms with Crippen molar-refractivity contribution >= 4 is 0 Å². The number of nitrogens with one attached hydrogen (secondary N) is 1. The van der Waals surface area contributed by atoms with Crippen LogP contribution in [0.2, 0.25) is 0 Å². The molecule has 1 aliphatic carbocycles. The van der Waals surface area contributed by atoms with E-state index in [9.17, 15) is 4.39 Å². The second-order valence-corrected chi connectivity index (χ2v) is 5.53. The van der Waals surface area contributed by atoms with Crippen molar-refractivity contribution in [2.45, 2.75) is 31.7 Å². The maximum atomic E-state index is 13.1. The summed E-state index contributed by atoms with van der Waals surface area (Å²) in [4.78, 5) is 0. The largest absolute Gasteiger partial charge is 0.312 e. The van der Waals surface area contributed by atoms with Crippen LogP contribution in [0.4, 0.5) is 4.39 Å². The van der Waals surface area contributed by atoms with Gasteiger partial charge in [-0.3, -0.25) is 0 Å². The second-order valence-electron chi connectivity index (χ2n) is 5.53. The Morgan fingerprint density at radius 1 is 1.05 bits per heavy atom. The Hall–Kier alpha value is -1.67. The topological polar surface area (TPSA) is 12.0 Å². The van der Waals surface area contributed by atoms with Crippen LogP contribution in [-0.2, 0) is 13.0 Å². The van der Waals surface area contributed by atoms with Crippen molar-refractivity contribution in [1.82, 2.24) is 5.32 Å². The minimum Gasteiger partial charge on any atom is -0.312 e. The molecule has 0 atom stereocenters. The number of rotatable bonds is 6. The Bertz CT molecular complexity index is 575. The summed E-state index contributed by atoms with van der Waals surface area (Å²) in [6, 6.07) is 15.5. The summed E-state index contributed by atoms with van der Waals surface area (Å²) in [5, 5.41) is 3.47. The van der Waals surface area contributed by atoms with E-state index in [4.69, 9.17) is 0 Å². The molecule has 104 valence electrons. The van der Waals surface area contributed by atoms with Crippen molar-refractivity contribution in [3.05, 3.63) is 71.0 Å². The van der Waals surface area contributed by atoms with Gasteiger partial charge in [-0.1, -0.05) is 36.4 Å². The molecule has 1 nitrogen and oxygen atoms in total. The molecule has 20 heavy (non-hydrogen) atoms. The van der Waals surface area contributed by atoms with E-state index in [1.54, 1.807) is 12.1 Å². The molecule has 2 heteroatoms. The molecule has 0 heterocycles. The first-order chi connectivity index (χ1) is 9.83. The average molecular weight is 269 g/mol. The fourth-order valence-electron chi connectivity index (χ4n) is 2.64. The monoisotopic (exact) mass is 269 g/mol. The van der Waals surface area contributed by atoms with Gasteiger partial charge in [0.05, 0.1) is 0 Å². The van der Waals surface area contributed by atoms with Gasteiger partial charge in [0, 0.05) is 6.54 Å². The van der Waals surface area contributed by atoms with Crippen LogP contribution in [0.15, 0.2) is 48.5 Å². The third kappa shape index (κ3) is 3.45. The predicted octanol–water partition coefficient (Wildman–Crippen LogP) is 4.04. The molecule has 2 aromatic carbocycles. The third-order valence-corrected chi connectivity index (χ3v) is 3.87. The first-order valence-electron chi connectivity index (χ1n) is 7.36. The number of halogens is 1. The van der Waals surface area contributed by atoms with Crippen molar-refractivity contribution in [2.75, 3.05) is 6.54 Å². The highest BCUT2D eigenvalue weighted by Gasteiger charge is 2.25. The van der Waals surface area contributed by atoms with Gasteiger partial charge in [-0.2, -0.15) is 0 Å². The Balaban J connectivity index is 1.50. The molecule has 1 fully saturated rings. The molecule has 3 rings (SSSR count). The van der Waals surface area contributed by atoms with Gasteiger partial charge in [-0.05, 0) is 60.5 Å². The molecular weight excluding hydrogens is 249 g/mol. The zero-order chi connectivity index (χ0) is 13.8. The molecule has 0 radical (unpaired) electrons. The lowest BCUT2D eigenvalue weighted by Gasteiger charge is -2.10. The zero-order valence-electron chi connectivity index (χ0n) is 11.6. The summed E-state index contributed by atoms with van der Waals surface area (Å²) in [7, 11) is 0. The number of hydrogen-bond acceptors (Lipinski definition) is 1. The highest BCUT2D eigenvalue weighted by Crippen LogP contribution is 2.41. The Morgan fingerprint density at radius 2 is 1.90 bits per heavy atom. The summed E-state index contributed by atoms with van der Waals surface area (Å²) >= 11 is 0. The van der Waals surface area contributed by atoms with Gasteiger partial charge in [0.1, 0.15) is 5.82 Å². The SMILES string of the molecule is Fc1cccc(CCNCc2ccccc2C2CC2)c1. The van der Waals surface area contributed by atoms with Gasteiger partial charge < -0.3 is 5.32 Å². The Kier molecular flexibility index (Phi) is 4.12. The maximum Gasteiger partial charge on any atom is 0.123 e. The van der Waals surface area contributed by atoms with Crippen LogP contribution in [-0.4, -0.2) is 6.54 Å². The summed E-state index contributed by atoms with van der Waals surface area (Å²) in [6.45, 7) is 1.78. The van der Waals surface area contributed by atoms with Gasteiger partial charge in [0.2, 0.25) is 0 Å². The maximum absolute atomic E-state index is 13.1. The quantitative estimate of drug-likeness (QED) is 0.781. The lowest BCUT2D eigenvalue weighted by molar-refractivity contribution is 0.622. The van der Waals surface area contributed by atoms with E-state index in [2.05, 4.69) is 29.6 Å². The molecule has 1 aliphatic rings. The van der Waals surface area contributed by atoms with Crippen LogP contribution in [0.3, 0.4) is 0 Å². The summed E-state index contributed by atoms with van der Waals surface area (Å²) in [5.74, 6) is 0.637. The zero-order valence-corrected chi connectivity index (χ0v) is 11.6. The first-order valence-corrected chi connectivity index (χ1v) is 7.36. The van der Waals surface area contributed by atoms with Crippen LogP contribution in [0.25, 0.3) is 0 Å². The van der Waals surface area contributed by atoms with Crippen LogP contribution in [0, 0.1) is 5.82 Å². The summed E-state index contributed by atoms with van der Waals surface area (Å²) < 4.78 is 13.1. The lowest BCUT2D eigenvalue weighted by Crippen LogP contribution is -2.17. The highest BCUT2D eigenvalue weighted by atomic mass is 19.1. The van der Waals surface area contributed by atoms with Gasteiger partial charge in [-0.25, -0.2) is 4.39 Å². The van der Waals surface area contributed by atoms with E-state index in [1.165, 1.54) is 30.0 Å². The third-order valence-electron chi connectivity index (χ3n) is 3.87. The van der Waals surface area contributed by atoms with E-state index in [1.807, 2.05) is 6.07 Å². The minimum atomic E-state index is -0.151. The summed E-state index contributed by atoms with van der Waals surface area (Å²) in [5.41, 5.74) is 3.97. The molecular formula is C18H20FN. The normalized spacial score (nSPS) is 14.4. The molecule has 0 unspecified atom stereocenters. The lowest BCUT2D eigenvalue weighted by atomic mass is 10.0. The van der Waals surface area contributed by atoms with E-state index in [-0.39, 0.29) is 5.82 Å². The standard InChI is InChI=1S/C18H20FN/c19-17-6-3-4-14(12-17)10-11-20-13-16-5-1-2-7-18(16)15-8-9-15/h1-7,12,15,20H,8-11,13H2. The summed E-state index contributed by atoms with van der Waals surface area (Å²) in [6.07, 6.45) is 3.53. The number of benzene rings is 2. The molecule has 0 spiro atoms. The number of hydrogen-bond donors (Lipinski definition) is 1. The molecule has 2 aromatic rings. The molecule has 0 bridgehead atoms. The van der Waals surface area contributed by atoms with Gasteiger partial charge in [0.15, 0.2) is 0 Å². The van der Waals surface area contributed by atoms with Gasteiger partial charge >= 0.3 is 0 Å². The van der Waals surface area contributed by atoms with Crippen LogP contribution in [0.1, 0.15) is 35.4 Å². The van der Waals surface area contributed by atoms with Crippen molar-refractivity contribution in [3.8, 4) is 0 Å². The molecule has 0 saturated heterocycles. The van der Waals surface area contributed by atoms with Crippen LogP contribution in [0.5, 0.6) is 0 Å². The Morgan fingerprint density at radius 3 is 2.70 bits per heavy atom. The van der Waals surface area contributed by atoms with E-state index in [0.29, 0.717) is 0 Å². The average Bonchev–Trinajstić information content (AvgIpc) is 3.29.